The number of halogens is 1. The summed E-state index contributed by atoms with van der Waals surface area (Å²) in [5, 5.41) is 8.79. The minimum atomic E-state index is -0.262. The molecule has 0 aromatic heterocycles. The molecule has 0 aliphatic heterocycles. The standard InChI is InChI=1S/C21H25N3O4.ClH/c1-27-18-11-17(24-21(26)15-6-4-3-5-7-15)19(28-2)10-16(18)23-20(25)13-22-12-14-8-9-14;/h3-7,10-11,14,22H,8-9,12-13H2,1-2H3,(H,23,25)(H,24,26);1H. The molecule has 1 saturated carbocycles. The Morgan fingerprint density at radius 1 is 0.966 bits per heavy atom. The normalized spacial score (nSPS) is 12.5. The highest BCUT2D eigenvalue weighted by Crippen LogP contribution is 2.36. The molecule has 1 aliphatic rings. The van der Waals surface area contributed by atoms with Gasteiger partial charge in [-0.1, -0.05) is 18.2 Å². The monoisotopic (exact) mass is 419 g/mol. The van der Waals surface area contributed by atoms with Crippen molar-refractivity contribution < 1.29 is 19.1 Å². The van der Waals surface area contributed by atoms with Gasteiger partial charge in [0.2, 0.25) is 5.91 Å². The van der Waals surface area contributed by atoms with Crippen LogP contribution >= 0.6 is 12.4 Å². The molecule has 1 aliphatic carbocycles. The van der Waals surface area contributed by atoms with Crippen molar-refractivity contribution in [1.29, 1.82) is 0 Å². The Hall–Kier alpha value is -2.77. The molecule has 2 aromatic rings. The number of amides is 2. The van der Waals surface area contributed by atoms with Crippen LogP contribution in [0, 0.1) is 5.92 Å². The second kappa shape index (κ2) is 10.7. The van der Waals surface area contributed by atoms with Crippen molar-refractivity contribution >= 4 is 35.6 Å². The quantitative estimate of drug-likeness (QED) is 0.580. The molecule has 0 spiro atoms. The van der Waals surface area contributed by atoms with Crippen molar-refractivity contribution in [3.05, 3.63) is 48.0 Å². The molecule has 0 unspecified atom stereocenters. The van der Waals surface area contributed by atoms with Crippen molar-refractivity contribution in [2.24, 2.45) is 5.92 Å². The van der Waals surface area contributed by atoms with E-state index < -0.39 is 0 Å². The van der Waals surface area contributed by atoms with Crippen molar-refractivity contribution in [2.45, 2.75) is 12.8 Å². The fourth-order valence-electron chi connectivity index (χ4n) is 2.78. The van der Waals surface area contributed by atoms with Crippen LogP contribution in [-0.2, 0) is 4.79 Å². The minimum Gasteiger partial charge on any atom is -0.494 e. The van der Waals surface area contributed by atoms with Gasteiger partial charge in [0.15, 0.2) is 0 Å². The first-order valence-electron chi connectivity index (χ1n) is 9.23. The molecule has 0 radical (unpaired) electrons. The summed E-state index contributed by atoms with van der Waals surface area (Å²) < 4.78 is 10.8. The molecule has 156 valence electrons. The molecule has 1 fully saturated rings. The Balaban J connectivity index is 0.00000300. The smallest absolute Gasteiger partial charge is 0.255 e. The van der Waals surface area contributed by atoms with Gasteiger partial charge in [-0.05, 0) is 37.4 Å². The lowest BCUT2D eigenvalue weighted by atomic mass is 10.2. The predicted octanol–water partition coefficient (Wildman–Crippen LogP) is 3.32. The number of rotatable bonds is 9. The second-order valence-corrected chi connectivity index (χ2v) is 6.70. The van der Waals surface area contributed by atoms with Gasteiger partial charge in [0.25, 0.3) is 5.91 Å². The fourth-order valence-corrected chi connectivity index (χ4v) is 2.78. The zero-order valence-corrected chi connectivity index (χ0v) is 17.3. The molecule has 7 nitrogen and oxygen atoms in total. The first-order valence-corrected chi connectivity index (χ1v) is 9.23. The third-order valence-electron chi connectivity index (χ3n) is 4.50. The highest BCUT2D eigenvalue weighted by Gasteiger charge is 2.21. The third-order valence-corrected chi connectivity index (χ3v) is 4.50. The van der Waals surface area contributed by atoms with E-state index in [2.05, 4.69) is 16.0 Å². The van der Waals surface area contributed by atoms with E-state index in [-0.39, 0.29) is 30.8 Å². The van der Waals surface area contributed by atoms with E-state index in [4.69, 9.17) is 9.47 Å². The molecule has 29 heavy (non-hydrogen) atoms. The Morgan fingerprint density at radius 2 is 1.55 bits per heavy atom. The average molecular weight is 420 g/mol. The van der Waals surface area contributed by atoms with Crippen LogP contribution in [0.1, 0.15) is 23.2 Å². The van der Waals surface area contributed by atoms with E-state index >= 15 is 0 Å². The molecule has 3 N–H and O–H groups in total. The number of anilines is 2. The fraction of sp³-hybridized carbons (Fsp3) is 0.333. The van der Waals surface area contributed by atoms with Gasteiger partial charge < -0.3 is 25.4 Å². The van der Waals surface area contributed by atoms with E-state index in [1.54, 1.807) is 36.4 Å². The highest BCUT2D eigenvalue weighted by molar-refractivity contribution is 6.05. The predicted molar refractivity (Wildman–Crippen MR) is 115 cm³/mol. The summed E-state index contributed by atoms with van der Waals surface area (Å²) in [6.45, 7) is 1.09. The number of carbonyl (C=O) groups is 2. The van der Waals surface area contributed by atoms with Crippen LogP contribution in [-0.4, -0.2) is 39.1 Å². The van der Waals surface area contributed by atoms with Crippen molar-refractivity contribution in [3.63, 3.8) is 0 Å². The molecule has 0 heterocycles. The zero-order chi connectivity index (χ0) is 19.9. The van der Waals surface area contributed by atoms with Crippen molar-refractivity contribution in [2.75, 3.05) is 37.9 Å². The summed E-state index contributed by atoms with van der Waals surface area (Å²) in [5.74, 6) is 1.13. The molecule has 2 amide bonds. The van der Waals surface area contributed by atoms with E-state index in [0.717, 1.165) is 6.54 Å². The number of methoxy groups -OCH3 is 2. The summed E-state index contributed by atoms with van der Waals surface area (Å²) in [4.78, 5) is 24.6. The van der Waals surface area contributed by atoms with Crippen molar-refractivity contribution in [1.82, 2.24) is 5.32 Å². The minimum absolute atomic E-state index is 0. The SMILES string of the molecule is COc1cc(NC(=O)c2ccccc2)c(OC)cc1NC(=O)CNCC1CC1.Cl. The molecule has 0 bridgehead atoms. The van der Waals surface area contributed by atoms with E-state index in [0.29, 0.717) is 34.4 Å². The van der Waals surface area contributed by atoms with Gasteiger partial charge in [-0.15, -0.1) is 12.4 Å². The molecule has 3 rings (SSSR count). The van der Waals surface area contributed by atoms with Crippen LogP contribution in [0.25, 0.3) is 0 Å². The van der Waals surface area contributed by atoms with E-state index in [9.17, 15) is 9.59 Å². The molecule has 8 heteroatoms. The van der Waals surface area contributed by atoms with Crippen LogP contribution in [0.3, 0.4) is 0 Å². The van der Waals surface area contributed by atoms with Crippen LogP contribution in [0.4, 0.5) is 11.4 Å². The van der Waals surface area contributed by atoms with Gasteiger partial charge in [0.1, 0.15) is 11.5 Å². The Morgan fingerprint density at radius 3 is 2.10 bits per heavy atom. The topological polar surface area (TPSA) is 88.7 Å². The summed E-state index contributed by atoms with van der Waals surface area (Å²) >= 11 is 0. The maximum Gasteiger partial charge on any atom is 0.255 e. The molecule has 2 aromatic carbocycles. The maximum absolute atomic E-state index is 12.4. The average Bonchev–Trinajstić information content (AvgIpc) is 3.53. The first kappa shape index (κ1) is 22.5. The summed E-state index contributed by atoms with van der Waals surface area (Å²) in [6, 6.07) is 12.2. The molecular formula is C21H26ClN3O4. The Bertz CT molecular complexity index is 841. The number of nitrogens with one attached hydrogen (secondary N) is 3. The number of hydrogen-bond donors (Lipinski definition) is 3. The summed E-state index contributed by atoms with van der Waals surface area (Å²) in [6.07, 6.45) is 2.46. The first-order chi connectivity index (χ1) is 13.6. The summed E-state index contributed by atoms with van der Waals surface area (Å²) in [5.41, 5.74) is 1.47. The van der Waals surface area contributed by atoms with Gasteiger partial charge in [0.05, 0.1) is 32.1 Å². The van der Waals surface area contributed by atoms with Crippen LogP contribution < -0.4 is 25.4 Å². The number of hydrogen-bond acceptors (Lipinski definition) is 5. The van der Waals surface area contributed by atoms with E-state index in [1.807, 2.05) is 6.07 Å². The van der Waals surface area contributed by atoms with Crippen LogP contribution in [0.5, 0.6) is 11.5 Å². The maximum atomic E-state index is 12.4. The lowest BCUT2D eigenvalue weighted by Gasteiger charge is -2.16. The van der Waals surface area contributed by atoms with Crippen molar-refractivity contribution in [3.8, 4) is 11.5 Å². The Kier molecular flexibility index (Phi) is 8.30. The van der Waals surface area contributed by atoms with E-state index in [1.165, 1.54) is 27.1 Å². The molecule has 0 saturated heterocycles. The van der Waals surface area contributed by atoms with Gasteiger partial charge in [-0.2, -0.15) is 0 Å². The number of carbonyl (C=O) groups excluding carboxylic acids is 2. The highest BCUT2D eigenvalue weighted by atomic mass is 35.5. The molecular weight excluding hydrogens is 394 g/mol. The lowest BCUT2D eigenvalue weighted by Crippen LogP contribution is -2.29. The third kappa shape index (κ3) is 6.37. The van der Waals surface area contributed by atoms with Gasteiger partial charge in [-0.3, -0.25) is 9.59 Å². The number of benzene rings is 2. The second-order valence-electron chi connectivity index (χ2n) is 6.70. The zero-order valence-electron chi connectivity index (χ0n) is 16.5. The van der Waals surface area contributed by atoms with Gasteiger partial charge in [0, 0.05) is 17.7 Å². The van der Waals surface area contributed by atoms with Crippen LogP contribution in [0.15, 0.2) is 42.5 Å². The number of ether oxygens (including phenoxy) is 2. The Labute approximate surface area is 176 Å². The molecule has 0 atom stereocenters. The summed E-state index contributed by atoms with van der Waals surface area (Å²) in [7, 11) is 3.01. The van der Waals surface area contributed by atoms with Crippen LogP contribution in [0.2, 0.25) is 0 Å². The van der Waals surface area contributed by atoms with Gasteiger partial charge >= 0.3 is 0 Å². The van der Waals surface area contributed by atoms with Gasteiger partial charge in [-0.25, -0.2) is 0 Å². The lowest BCUT2D eigenvalue weighted by molar-refractivity contribution is -0.115. The largest absolute Gasteiger partial charge is 0.494 e.